The smallest absolute Gasteiger partial charge is 0.308 e. The summed E-state index contributed by atoms with van der Waals surface area (Å²) in [4.78, 5) is 35.1. The maximum absolute atomic E-state index is 13.2. The Hall–Kier alpha value is -5.79. The number of hydrogen-bond donors (Lipinski definition) is 2. The summed E-state index contributed by atoms with van der Waals surface area (Å²) in [5.74, 6) is 2.46. The fraction of sp³-hybridized carbons (Fsp3) is 0.557. The highest BCUT2D eigenvalue weighted by atomic mass is 16.6. The molecule has 0 fully saturated rings. The van der Waals surface area contributed by atoms with Gasteiger partial charge in [-0.3, -0.25) is 14.4 Å². The SMILES string of the molecule is COc1ccc2cc1Oc1ccc(cc1)CC1c3cc(c(OC)cc3CC[N+]1(C)CCCCCCCCCCC(=O)O)Oc1c(OC(C)=O)c(OC)cc3c1C(C2)[N+](C)(CCCCCCCCCCC(=O)O)CC3. The van der Waals surface area contributed by atoms with E-state index in [9.17, 15) is 14.4 Å². The molecule has 4 atom stereocenters. The van der Waals surface area contributed by atoms with Crippen molar-refractivity contribution in [3.63, 3.8) is 0 Å². The van der Waals surface area contributed by atoms with E-state index in [-0.39, 0.29) is 30.7 Å². The lowest BCUT2D eigenvalue weighted by atomic mass is 9.84. The third-order valence-corrected chi connectivity index (χ3v) is 16.3. The molecule has 4 aromatic carbocycles. The minimum absolute atomic E-state index is 0.0977. The molecule has 0 spiro atoms. The number of likely N-dealkylation sites (N-methyl/N-ethyl adjacent to an activating group) is 2. The van der Waals surface area contributed by atoms with Crippen molar-refractivity contribution in [3.8, 4) is 46.0 Å². The highest BCUT2D eigenvalue weighted by molar-refractivity contribution is 5.74. The van der Waals surface area contributed by atoms with Crippen LogP contribution in [0.5, 0.6) is 46.0 Å². The number of rotatable bonds is 26. The molecule has 13 nitrogen and oxygen atoms in total. The summed E-state index contributed by atoms with van der Waals surface area (Å²) < 4.78 is 40.1. The predicted octanol–water partition coefficient (Wildman–Crippen LogP) is 13.3. The number of aliphatic carboxylic acids is 2. The van der Waals surface area contributed by atoms with E-state index in [0.717, 1.165) is 180 Å². The van der Waals surface area contributed by atoms with Crippen LogP contribution in [0.3, 0.4) is 0 Å². The van der Waals surface area contributed by atoms with Crippen LogP contribution in [0.1, 0.15) is 168 Å². The van der Waals surface area contributed by atoms with E-state index in [1.165, 1.54) is 23.6 Å². The molecule has 4 aromatic rings. The van der Waals surface area contributed by atoms with Crippen LogP contribution in [-0.4, -0.2) is 98.7 Å². The van der Waals surface area contributed by atoms with Gasteiger partial charge >= 0.3 is 17.9 Å². The predicted molar refractivity (Wildman–Crippen MR) is 287 cm³/mol. The molecule has 0 aliphatic carbocycles. The molecule has 4 aliphatic rings. The Morgan fingerprint density at radius 1 is 0.554 bits per heavy atom. The van der Waals surface area contributed by atoms with Crippen molar-refractivity contribution in [2.45, 2.75) is 160 Å². The molecule has 402 valence electrons. The standard InChI is InChI=1S/C61H82N2O11/c1-43(64)72-60-56(71-6)41-47-32-36-63(3,34-22-18-14-10-8-12-16-20-24-58(67)68)51-38-45-27-30-52(69-4)54(39-45)73-48-28-25-44(26-29-48)37-50-49-42-55(74-61(60)59(47)51)53(70-5)40-46(49)31-35-62(50,2)33-21-17-13-9-7-11-15-19-23-57(65)66/h25-30,39-42,50-51H,7-24,31-38H2,1-6H3/p+2. The molecule has 8 rings (SSSR count). The van der Waals surface area contributed by atoms with Crippen LogP contribution in [-0.2, 0) is 40.1 Å². The quantitative estimate of drug-likeness (QED) is 0.0268. The van der Waals surface area contributed by atoms with E-state index in [4.69, 9.17) is 38.6 Å². The van der Waals surface area contributed by atoms with Crippen molar-refractivity contribution < 1.29 is 62.0 Å². The van der Waals surface area contributed by atoms with Gasteiger partial charge in [0.25, 0.3) is 0 Å². The van der Waals surface area contributed by atoms with Crippen molar-refractivity contribution in [1.82, 2.24) is 0 Å². The molecule has 6 bridgehead atoms. The molecule has 0 amide bonds. The summed E-state index contributed by atoms with van der Waals surface area (Å²) >= 11 is 0. The van der Waals surface area contributed by atoms with Crippen LogP contribution in [0.4, 0.5) is 0 Å². The molecule has 0 saturated heterocycles. The zero-order chi connectivity index (χ0) is 52.7. The van der Waals surface area contributed by atoms with Crippen molar-refractivity contribution >= 4 is 17.9 Å². The zero-order valence-corrected chi connectivity index (χ0v) is 45.3. The first-order valence-corrected chi connectivity index (χ1v) is 27.6. The topological polar surface area (TPSA) is 147 Å². The first-order valence-electron chi connectivity index (χ1n) is 27.6. The number of nitrogens with zero attached hydrogens (tertiary/aromatic N) is 2. The van der Waals surface area contributed by atoms with Crippen molar-refractivity contribution in [1.29, 1.82) is 0 Å². The van der Waals surface area contributed by atoms with Gasteiger partial charge in [0.1, 0.15) is 17.8 Å². The van der Waals surface area contributed by atoms with E-state index in [1.807, 2.05) is 12.1 Å². The van der Waals surface area contributed by atoms with Gasteiger partial charge < -0.3 is 47.6 Å². The highest BCUT2D eigenvalue weighted by Gasteiger charge is 2.45. The third-order valence-electron chi connectivity index (χ3n) is 16.3. The largest absolute Gasteiger partial charge is 0.493 e. The van der Waals surface area contributed by atoms with Crippen molar-refractivity contribution in [2.75, 3.05) is 61.6 Å². The normalized spacial score (nSPS) is 19.8. The zero-order valence-electron chi connectivity index (χ0n) is 45.3. The maximum atomic E-state index is 13.2. The Labute approximate surface area is 440 Å². The maximum Gasteiger partial charge on any atom is 0.308 e. The summed E-state index contributed by atoms with van der Waals surface area (Å²) in [6.45, 7) is 5.23. The summed E-state index contributed by atoms with van der Waals surface area (Å²) in [6, 6.07) is 21.1. The lowest BCUT2D eigenvalue weighted by Crippen LogP contribution is -2.52. The second-order valence-corrected chi connectivity index (χ2v) is 21.7. The van der Waals surface area contributed by atoms with Gasteiger partial charge in [-0.25, -0.2) is 0 Å². The van der Waals surface area contributed by atoms with Crippen LogP contribution >= 0.6 is 0 Å². The second-order valence-electron chi connectivity index (χ2n) is 21.7. The Kier molecular flexibility index (Phi) is 20.1. The molecule has 4 unspecified atom stereocenters. The molecule has 0 aromatic heterocycles. The average Bonchev–Trinajstić information content (AvgIpc) is 3.37. The second kappa shape index (κ2) is 26.6. The molecule has 0 saturated carbocycles. The molecule has 4 aliphatic heterocycles. The van der Waals surface area contributed by atoms with Gasteiger partial charge in [0.15, 0.2) is 34.5 Å². The number of methoxy groups -OCH3 is 3. The number of carbonyl (C=O) groups excluding carboxylic acids is 1. The summed E-state index contributed by atoms with van der Waals surface area (Å²) in [6.07, 6.45) is 20.3. The molecule has 74 heavy (non-hydrogen) atoms. The summed E-state index contributed by atoms with van der Waals surface area (Å²) in [5.41, 5.74) is 6.82. The van der Waals surface area contributed by atoms with Gasteiger partial charge in [-0.1, -0.05) is 82.4 Å². The molecular weight excluding hydrogens is 937 g/mol. The van der Waals surface area contributed by atoms with Gasteiger partial charge in [0.2, 0.25) is 5.75 Å². The minimum Gasteiger partial charge on any atom is -0.493 e. The van der Waals surface area contributed by atoms with E-state index in [1.54, 1.807) is 21.3 Å². The fourth-order valence-electron chi connectivity index (χ4n) is 12.0. The Morgan fingerprint density at radius 2 is 1.04 bits per heavy atom. The molecule has 4 heterocycles. The van der Waals surface area contributed by atoms with Crippen molar-refractivity contribution in [3.05, 3.63) is 94.0 Å². The first-order chi connectivity index (χ1) is 35.7. The number of ether oxygens (including phenoxy) is 6. The van der Waals surface area contributed by atoms with E-state index in [2.05, 4.69) is 62.6 Å². The van der Waals surface area contributed by atoms with Gasteiger partial charge in [-0.15, -0.1) is 0 Å². The lowest BCUT2D eigenvalue weighted by molar-refractivity contribution is -0.941. The Balaban J connectivity index is 1.28. The number of quaternary nitrogens is 2. The van der Waals surface area contributed by atoms with Gasteiger partial charge in [0, 0.05) is 51.0 Å². The number of unbranched alkanes of at least 4 members (excludes halogenated alkanes) is 14. The van der Waals surface area contributed by atoms with E-state index in [0.29, 0.717) is 40.9 Å². The minimum atomic E-state index is -0.721. The highest BCUT2D eigenvalue weighted by Crippen LogP contribution is 2.54. The van der Waals surface area contributed by atoms with Crippen LogP contribution < -0.4 is 28.4 Å². The van der Waals surface area contributed by atoms with Crippen molar-refractivity contribution in [2.24, 2.45) is 0 Å². The molecule has 13 heteroatoms. The lowest BCUT2D eigenvalue weighted by Gasteiger charge is -2.47. The third kappa shape index (κ3) is 14.5. The number of fused-ring (bicyclic) bond motifs is 2. The van der Waals surface area contributed by atoms with E-state index >= 15 is 0 Å². The molecule has 2 N–H and O–H groups in total. The average molecular weight is 1020 g/mol. The summed E-state index contributed by atoms with van der Waals surface area (Å²) in [5, 5.41) is 18.0. The van der Waals surface area contributed by atoms with Crippen LogP contribution in [0.15, 0.2) is 60.7 Å². The first kappa shape index (κ1) is 55.9. The number of carboxylic acids is 2. The van der Waals surface area contributed by atoms with Crippen LogP contribution in [0.25, 0.3) is 0 Å². The summed E-state index contributed by atoms with van der Waals surface area (Å²) in [7, 11) is 9.75. The van der Waals surface area contributed by atoms with Gasteiger partial charge in [-0.05, 0) is 103 Å². The van der Waals surface area contributed by atoms with E-state index < -0.39 is 17.9 Å². The van der Waals surface area contributed by atoms with Crippen LogP contribution in [0, 0.1) is 0 Å². The number of esters is 1. The number of carboxylic acid groups (broad SMARTS) is 2. The monoisotopic (exact) mass is 1020 g/mol. The Morgan fingerprint density at radius 3 is 1.59 bits per heavy atom. The fourth-order valence-corrected chi connectivity index (χ4v) is 12.0. The number of carbonyl (C=O) groups is 3. The van der Waals surface area contributed by atoms with Gasteiger partial charge in [0.05, 0.1) is 67.2 Å². The number of hydrogen-bond acceptors (Lipinski definition) is 9. The van der Waals surface area contributed by atoms with Gasteiger partial charge in [-0.2, -0.15) is 0 Å². The number of benzene rings is 4. The molecular formula is C61H84N2O11+2. The van der Waals surface area contributed by atoms with Crippen LogP contribution in [0.2, 0.25) is 0 Å². The Bertz CT molecular complexity index is 2530. The molecule has 0 radical (unpaired) electrons.